The highest BCUT2D eigenvalue weighted by Crippen LogP contribution is 2.39. The lowest BCUT2D eigenvalue weighted by Gasteiger charge is -2.20. The summed E-state index contributed by atoms with van der Waals surface area (Å²) in [4.78, 5) is 32.9. The van der Waals surface area contributed by atoms with E-state index in [1.807, 2.05) is 30.3 Å². The van der Waals surface area contributed by atoms with E-state index in [-0.39, 0.29) is 5.91 Å². The fourth-order valence-corrected chi connectivity index (χ4v) is 5.29. The number of fused-ring (bicyclic) bond motifs is 2. The van der Waals surface area contributed by atoms with Gasteiger partial charge in [-0.2, -0.15) is 0 Å². The maximum absolute atomic E-state index is 13.4. The molecule has 3 aromatic rings. The van der Waals surface area contributed by atoms with Crippen molar-refractivity contribution in [1.29, 1.82) is 0 Å². The van der Waals surface area contributed by atoms with Gasteiger partial charge in [0.2, 0.25) is 5.91 Å². The van der Waals surface area contributed by atoms with Gasteiger partial charge in [-0.05, 0) is 79.5 Å². The van der Waals surface area contributed by atoms with Crippen LogP contribution in [0.15, 0.2) is 65.7 Å². The summed E-state index contributed by atoms with van der Waals surface area (Å²) in [5, 5.41) is 2.93. The predicted molar refractivity (Wildman–Crippen MR) is 144 cm³/mol. The summed E-state index contributed by atoms with van der Waals surface area (Å²) in [5.74, 6) is -0.0308. The Kier molecular flexibility index (Phi) is 6.55. The number of ether oxygens (including phenoxy) is 3. The number of carbonyl (C=O) groups excluding carboxylic acids is 2. The van der Waals surface area contributed by atoms with Crippen molar-refractivity contribution in [2.75, 3.05) is 38.7 Å². The van der Waals surface area contributed by atoms with Crippen molar-refractivity contribution in [2.45, 2.75) is 25.3 Å². The third-order valence-electron chi connectivity index (χ3n) is 7.21. The summed E-state index contributed by atoms with van der Waals surface area (Å²) < 4.78 is 16.4. The fourth-order valence-electron chi connectivity index (χ4n) is 5.29. The quantitative estimate of drug-likeness (QED) is 0.381. The summed E-state index contributed by atoms with van der Waals surface area (Å²) in [7, 11) is 1.33. The Hall–Kier alpha value is -4.17. The number of anilines is 1. The van der Waals surface area contributed by atoms with Crippen LogP contribution in [0.5, 0.6) is 11.5 Å². The monoisotopic (exact) mass is 511 g/mol. The first-order chi connectivity index (χ1) is 18.6. The van der Waals surface area contributed by atoms with E-state index < -0.39 is 11.9 Å². The lowest BCUT2D eigenvalue weighted by Crippen LogP contribution is -2.22. The second-order valence-corrected chi connectivity index (χ2v) is 9.72. The van der Waals surface area contributed by atoms with E-state index in [4.69, 9.17) is 19.2 Å². The third kappa shape index (κ3) is 4.75. The molecule has 1 saturated heterocycles. The van der Waals surface area contributed by atoms with Crippen molar-refractivity contribution in [1.82, 2.24) is 4.90 Å². The maximum atomic E-state index is 13.4. The molecule has 0 saturated carbocycles. The molecule has 1 atom stereocenters. The van der Waals surface area contributed by atoms with Crippen LogP contribution in [0.25, 0.3) is 0 Å². The lowest BCUT2D eigenvalue weighted by molar-refractivity contribution is -0.115. The Labute approximate surface area is 221 Å². The van der Waals surface area contributed by atoms with Crippen LogP contribution in [0.4, 0.5) is 11.4 Å². The summed E-state index contributed by atoms with van der Waals surface area (Å²) >= 11 is 0. The van der Waals surface area contributed by atoms with Crippen molar-refractivity contribution in [2.24, 2.45) is 4.99 Å². The molecule has 0 spiro atoms. The van der Waals surface area contributed by atoms with Crippen molar-refractivity contribution in [3.8, 4) is 11.5 Å². The van der Waals surface area contributed by atoms with E-state index in [1.165, 1.54) is 25.5 Å². The molecule has 8 nitrogen and oxygen atoms in total. The molecule has 3 aromatic carbocycles. The average molecular weight is 512 g/mol. The van der Waals surface area contributed by atoms with Crippen molar-refractivity contribution < 1.29 is 23.8 Å². The van der Waals surface area contributed by atoms with Gasteiger partial charge in [-0.3, -0.25) is 14.7 Å². The van der Waals surface area contributed by atoms with Crippen LogP contribution >= 0.6 is 0 Å². The second-order valence-electron chi connectivity index (χ2n) is 9.72. The normalized spacial score (nSPS) is 18.7. The van der Waals surface area contributed by atoms with Gasteiger partial charge in [0.25, 0.3) is 0 Å². The zero-order chi connectivity index (χ0) is 26.1. The van der Waals surface area contributed by atoms with Crippen LogP contribution in [0.3, 0.4) is 0 Å². The Morgan fingerprint density at radius 2 is 1.71 bits per heavy atom. The van der Waals surface area contributed by atoms with Crippen LogP contribution in [-0.2, 0) is 16.1 Å². The minimum atomic E-state index is -0.663. The first kappa shape index (κ1) is 24.2. The van der Waals surface area contributed by atoms with Gasteiger partial charge in [0, 0.05) is 17.8 Å². The maximum Gasteiger partial charge on any atom is 0.337 e. The summed E-state index contributed by atoms with van der Waals surface area (Å²) in [6, 6.07) is 18.9. The van der Waals surface area contributed by atoms with Gasteiger partial charge >= 0.3 is 5.97 Å². The molecule has 3 aliphatic heterocycles. The molecule has 0 radical (unpaired) electrons. The van der Waals surface area contributed by atoms with Gasteiger partial charge in [-0.15, -0.1) is 0 Å². The van der Waals surface area contributed by atoms with E-state index >= 15 is 0 Å². The van der Waals surface area contributed by atoms with E-state index in [0.717, 1.165) is 36.4 Å². The topological polar surface area (TPSA) is 89.5 Å². The Balaban J connectivity index is 1.39. The van der Waals surface area contributed by atoms with Crippen molar-refractivity contribution >= 4 is 29.0 Å². The molecule has 1 unspecified atom stereocenters. The number of benzene rings is 3. The van der Waals surface area contributed by atoms with Crippen LogP contribution in [0.2, 0.25) is 0 Å². The molecule has 194 valence electrons. The van der Waals surface area contributed by atoms with Gasteiger partial charge in [-0.25, -0.2) is 4.79 Å². The number of methoxy groups -OCH3 is 1. The minimum Gasteiger partial charge on any atom is -0.486 e. The Morgan fingerprint density at radius 1 is 0.974 bits per heavy atom. The fraction of sp³-hybridized carbons (Fsp3) is 0.300. The molecule has 6 rings (SSSR count). The molecular formula is C30H29N3O5. The van der Waals surface area contributed by atoms with Gasteiger partial charge in [0.05, 0.1) is 24.1 Å². The molecule has 38 heavy (non-hydrogen) atoms. The SMILES string of the molecule is COC(=O)c1ccc2c(c1)NC(=O)C2C(=Nc1ccc(CN2CCCC2)cc1)c1ccc2c(c1)OCCO2. The van der Waals surface area contributed by atoms with Crippen molar-refractivity contribution in [3.63, 3.8) is 0 Å². The number of hydrogen-bond donors (Lipinski definition) is 1. The number of aliphatic imine (C=N–C) groups is 1. The number of amides is 1. The molecule has 0 bridgehead atoms. The zero-order valence-electron chi connectivity index (χ0n) is 21.2. The zero-order valence-corrected chi connectivity index (χ0v) is 21.2. The molecule has 1 N–H and O–H groups in total. The average Bonchev–Trinajstić information content (AvgIpc) is 3.58. The highest BCUT2D eigenvalue weighted by molar-refractivity contribution is 6.24. The van der Waals surface area contributed by atoms with Crippen LogP contribution in [0, 0.1) is 0 Å². The largest absolute Gasteiger partial charge is 0.486 e. The molecule has 3 aliphatic rings. The third-order valence-corrected chi connectivity index (χ3v) is 7.21. The van der Waals surface area contributed by atoms with Crippen LogP contribution in [0.1, 0.15) is 45.8 Å². The molecule has 8 heteroatoms. The molecule has 1 amide bonds. The molecular weight excluding hydrogens is 482 g/mol. The first-order valence-corrected chi connectivity index (χ1v) is 12.9. The van der Waals surface area contributed by atoms with Crippen molar-refractivity contribution in [3.05, 3.63) is 82.9 Å². The van der Waals surface area contributed by atoms with E-state index in [2.05, 4.69) is 22.3 Å². The lowest BCUT2D eigenvalue weighted by atomic mass is 9.90. The second kappa shape index (κ2) is 10.3. The predicted octanol–water partition coefficient (Wildman–Crippen LogP) is 4.70. The minimum absolute atomic E-state index is 0.207. The Morgan fingerprint density at radius 3 is 2.47 bits per heavy atom. The number of likely N-dealkylation sites (tertiary alicyclic amines) is 1. The van der Waals surface area contributed by atoms with Crippen LogP contribution in [-0.4, -0.2) is 55.9 Å². The number of nitrogens with zero attached hydrogens (tertiary/aromatic N) is 2. The highest BCUT2D eigenvalue weighted by Gasteiger charge is 2.36. The van der Waals surface area contributed by atoms with E-state index in [0.29, 0.717) is 41.7 Å². The van der Waals surface area contributed by atoms with Gasteiger partial charge in [-0.1, -0.05) is 18.2 Å². The van der Waals surface area contributed by atoms with Crippen LogP contribution < -0.4 is 14.8 Å². The first-order valence-electron chi connectivity index (χ1n) is 12.9. The molecule has 3 heterocycles. The number of nitrogens with one attached hydrogen (secondary N) is 1. The summed E-state index contributed by atoms with van der Waals surface area (Å²) in [6.45, 7) is 4.17. The molecule has 1 fully saturated rings. The summed E-state index contributed by atoms with van der Waals surface area (Å²) in [6.07, 6.45) is 2.51. The van der Waals surface area contributed by atoms with Gasteiger partial charge in [0.1, 0.15) is 19.1 Å². The number of carbonyl (C=O) groups is 2. The summed E-state index contributed by atoms with van der Waals surface area (Å²) in [5.41, 5.74) is 5.06. The smallest absolute Gasteiger partial charge is 0.337 e. The van der Waals surface area contributed by atoms with E-state index in [1.54, 1.807) is 18.2 Å². The molecule has 0 aliphatic carbocycles. The highest BCUT2D eigenvalue weighted by atomic mass is 16.6. The van der Waals surface area contributed by atoms with E-state index in [9.17, 15) is 9.59 Å². The number of esters is 1. The number of rotatable bonds is 6. The number of hydrogen-bond acceptors (Lipinski definition) is 7. The Bertz CT molecular complexity index is 1410. The van der Waals surface area contributed by atoms with Gasteiger partial charge < -0.3 is 19.5 Å². The molecule has 0 aromatic heterocycles. The van der Waals surface area contributed by atoms with Gasteiger partial charge in [0.15, 0.2) is 11.5 Å². The standard InChI is InChI=1S/C30H29N3O5/c1-36-30(35)21-6-10-23-24(16-21)32-29(34)27(23)28(20-7-11-25-26(17-20)38-15-14-37-25)31-22-8-4-19(5-9-22)18-33-12-2-3-13-33/h4-11,16-17,27H,2-3,12-15,18H2,1H3,(H,32,34).